The molecule has 0 N–H and O–H groups in total. The molecule has 0 amide bonds. The average molecular weight is 732 g/mol. The number of methoxy groups -OCH3 is 1. The molecule has 3 atom stereocenters. The number of nitrogens with zero attached hydrogens (tertiary/aromatic N) is 1. The van der Waals surface area contributed by atoms with Gasteiger partial charge in [-0.05, 0) is 115 Å². The summed E-state index contributed by atoms with van der Waals surface area (Å²) in [5.41, 5.74) is 1.71. The third kappa shape index (κ3) is 8.46. The molecule has 0 radical (unpaired) electrons. The van der Waals surface area contributed by atoms with Crippen molar-refractivity contribution < 1.29 is 46.5 Å². The molecule has 1 aliphatic rings. The zero-order valence-electron chi connectivity index (χ0n) is 28.5. The van der Waals surface area contributed by atoms with Crippen LogP contribution in [0.3, 0.4) is 0 Å². The number of hydrogen-bond donors (Lipinski definition) is 0. The molecule has 4 aromatic carbocycles. The molecule has 3 unspecified atom stereocenters. The molecule has 1 saturated heterocycles. The molecule has 0 aliphatic carbocycles. The highest BCUT2D eigenvalue weighted by atomic mass is 32.1. The molecule has 1 aromatic heterocycles. The summed E-state index contributed by atoms with van der Waals surface area (Å²) < 4.78 is 62.1. The number of carbonyl (C=O) groups is 3. The van der Waals surface area contributed by atoms with Gasteiger partial charge in [-0.2, -0.15) is 0 Å². The van der Waals surface area contributed by atoms with Crippen molar-refractivity contribution in [3.8, 4) is 33.4 Å². The Hall–Kier alpha value is -5.20. The van der Waals surface area contributed by atoms with Gasteiger partial charge in [0, 0.05) is 39.2 Å². The van der Waals surface area contributed by atoms with Crippen LogP contribution in [0.15, 0.2) is 91.0 Å². The molecule has 12 heteroatoms. The lowest BCUT2D eigenvalue weighted by Gasteiger charge is -2.15. The Morgan fingerprint density at radius 1 is 0.846 bits per heavy atom. The lowest BCUT2D eigenvalue weighted by atomic mass is 9.97. The highest BCUT2D eigenvalue weighted by Gasteiger charge is 2.30. The number of hydrogen-bond acceptors (Lipinski definition) is 9. The van der Waals surface area contributed by atoms with E-state index in [1.54, 1.807) is 78.9 Å². The maximum absolute atomic E-state index is 14.2. The van der Waals surface area contributed by atoms with Gasteiger partial charge in [0.15, 0.2) is 12.0 Å². The van der Waals surface area contributed by atoms with Gasteiger partial charge in [0.1, 0.15) is 36.3 Å². The summed E-state index contributed by atoms with van der Waals surface area (Å²) in [6, 6.07) is 24.3. The van der Waals surface area contributed by atoms with Crippen molar-refractivity contribution in [2.75, 3.05) is 40.0 Å². The number of alkyl halides is 3. The number of likely N-dealkylation sites (tertiary alicyclic amines) is 1. The van der Waals surface area contributed by atoms with Gasteiger partial charge in [-0.3, -0.25) is 9.69 Å². The van der Waals surface area contributed by atoms with Crippen LogP contribution in [-0.2, 0) is 4.79 Å². The predicted octanol–water partition coefficient (Wildman–Crippen LogP) is 8.30. The number of thiophene rings is 1. The molecule has 2 heterocycles. The molecule has 1 aliphatic heterocycles. The highest BCUT2D eigenvalue weighted by molar-refractivity contribution is 7.22. The third-order valence-corrected chi connectivity index (χ3v) is 9.95. The first kappa shape index (κ1) is 36.6. The highest BCUT2D eigenvalue weighted by Crippen LogP contribution is 2.42. The Morgan fingerprint density at radius 3 is 2.15 bits per heavy atom. The van der Waals surface area contributed by atoms with E-state index < -0.39 is 31.0 Å². The van der Waals surface area contributed by atoms with Crippen LogP contribution in [0.4, 0.5) is 13.2 Å². The molecule has 0 bridgehead atoms. The molecular weight excluding hydrogens is 696 g/mol. The van der Waals surface area contributed by atoms with E-state index in [0.29, 0.717) is 61.2 Å². The monoisotopic (exact) mass is 731 g/mol. The van der Waals surface area contributed by atoms with Crippen molar-refractivity contribution >= 4 is 39.1 Å². The summed E-state index contributed by atoms with van der Waals surface area (Å²) in [5.74, 6) is -0.270. The predicted molar refractivity (Wildman–Crippen MR) is 192 cm³/mol. The van der Waals surface area contributed by atoms with Crippen LogP contribution in [0.1, 0.15) is 39.6 Å². The van der Waals surface area contributed by atoms with Gasteiger partial charge in [0.2, 0.25) is 6.17 Å². The molecule has 0 saturated carbocycles. The minimum atomic E-state index is -2.77. The lowest BCUT2D eigenvalue weighted by molar-refractivity contribution is -0.142. The first-order valence-electron chi connectivity index (χ1n) is 16.7. The van der Waals surface area contributed by atoms with Crippen LogP contribution in [-0.4, -0.2) is 75.0 Å². The zero-order valence-corrected chi connectivity index (χ0v) is 29.3. The fourth-order valence-electron chi connectivity index (χ4n) is 5.90. The van der Waals surface area contributed by atoms with Crippen molar-refractivity contribution in [3.05, 3.63) is 108 Å². The largest absolute Gasteiger partial charge is 0.497 e. The SMILES string of the molecule is COc1ccc(C(=O)Oc2ccc3c(C(=O)c4ccc(OCCN5CCC(C)C5)cc4)c(-c4ccc(OC(=O)C(F)C(F)CF)cc4)sc3c2)cc1. The van der Waals surface area contributed by atoms with E-state index in [2.05, 4.69) is 11.8 Å². The van der Waals surface area contributed by atoms with Crippen LogP contribution in [0.25, 0.3) is 20.5 Å². The molecule has 52 heavy (non-hydrogen) atoms. The second kappa shape index (κ2) is 16.4. The van der Waals surface area contributed by atoms with Crippen LogP contribution in [0, 0.1) is 5.92 Å². The van der Waals surface area contributed by atoms with Gasteiger partial charge in [-0.15, -0.1) is 11.3 Å². The van der Waals surface area contributed by atoms with Gasteiger partial charge >= 0.3 is 11.9 Å². The zero-order chi connectivity index (χ0) is 36.8. The number of rotatable bonds is 14. The van der Waals surface area contributed by atoms with Gasteiger partial charge in [0.05, 0.1) is 12.7 Å². The molecule has 0 spiro atoms. The number of ether oxygens (including phenoxy) is 4. The Bertz CT molecular complexity index is 2030. The van der Waals surface area contributed by atoms with Crippen molar-refractivity contribution in [3.63, 3.8) is 0 Å². The molecule has 270 valence electrons. The summed E-state index contributed by atoms with van der Waals surface area (Å²) in [6.07, 6.45) is -4.21. The number of carbonyl (C=O) groups excluding carboxylic acids is 3. The minimum Gasteiger partial charge on any atom is -0.497 e. The third-order valence-electron chi connectivity index (χ3n) is 8.75. The van der Waals surface area contributed by atoms with Gasteiger partial charge in [-0.25, -0.2) is 22.8 Å². The Balaban J connectivity index is 1.27. The molecule has 6 rings (SSSR count). The Morgan fingerprint density at radius 2 is 1.50 bits per heavy atom. The van der Waals surface area contributed by atoms with E-state index in [9.17, 15) is 27.6 Å². The van der Waals surface area contributed by atoms with E-state index in [1.807, 2.05) is 0 Å². The summed E-state index contributed by atoms with van der Waals surface area (Å²) in [7, 11) is 1.53. The fourth-order valence-corrected chi connectivity index (χ4v) is 7.14. The normalized spacial score (nSPS) is 15.6. The molecule has 5 aromatic rings. The van der Waals surface area contributed by atoms with E-state index in [4.69, 9.17) is 18.9 Å². The minimum absolute atomic E-state index is 0.0843. The van der Waals surface area contributed by atoms with Crippen LogP contribution >= 0.6 is 11.3 Å². The number of benzene rings is 4. The maximum atomic E-state index is 14.2. The summed E-state index contributed by atoms with van der Waals surface area (Å²) >= 11 is 1.28. The topological polar surface area (TPSA) is 91.4 Å². The number of fused-ring (bicyclic) bond motifs is 1. The molecular formula is C40H36F3NO7S. The van der Waals surface area contributed by atoms with Crippen LogP contribution < -0.4 is 18.9 Å². The quantitative estimate of drug-likeness (QED) is 0.0641. The van der Waals surface area contributed by atoms with Crippen LogP contribution in [0.2, 0.25) is 0 Å². The molecule has 8 nitrogen and oxygen atoms in total. The van der Waals surface area contributed by atoms with Gasteiger partial charge < -0.3 is 18.9 Å². The van der Waals surface area contributed by atoms with Gasteiger partial charge in [0.25, 0.3) is 0 Å². The van der Waals surface area contributed by atoms with E-state index >= 15 is 0 Å². The van der Waals surface area contributed by atoms with Crippen molar-refractivity contribution in [2.45, 2.75) is 25.7 Å². The number of halogens is 3. The number of ketones is 1. The van der Waals surface area contributed by atoms with E-state index in [0.717, 1.165) is 19.6 Å². The smallest absolute Gasteiger partial charge is 0.349 e. The van der Waals surface area contributed by atoms with E-state index in [-0.39, 0.29) is 17.3 Å². The van der Waals surface area contributed by atoms with Crippen molar-refractivity contribution in [1.82, 2.24) is 4.90 Å². The van der Waals surface area contributed by atoms with Crippen molar-refractivity contribution in [2.24, 2.45) is 5.92 Å². The molecule has 1 fully saturated rings. The van der Waals surface area contributed by atoms with Gasteiger partial charge in [-0.1, -0.05) is 6.92 Å². The Labute approximate surface area is 302 Å². The van der Waals surface area contributed by atoms with Crippen LogP contribution in [0.5, 0.6) is 23.0 Å². The average Bonchev–Trinajstić information content (AvgIpc) is 3.77. The summed E-state index contributed by atoms with van der Waals surface area (Å²) in [4.78, 5) is 42.0. The number of esters is 2. The first-order chi connectivity index (χ1) is 25.1. The second-order valence-corrected chi connectivity index (χ2v) is 13.5. The lowest BCUT2D eigenvalue weighted by Crippen LogP contribution is -2.32. The van der Waals surface area contributed by atoms with Crippen molar-refractivity contribution in [1.29, 1.82) is 0 Å². The maximum Gasteiger partial charge on any atom is 0.349 e. The second-order valence-electron chi connectivity index (χ2n) is 12.5. The summed E-state index contributed by atoms with van der Waals surface area (Å²) in [6.45, 7) is 4.07. The Kier molecular flexibility index (Phi) is 11.6. The first-order valence-corrected chi connectivity index (χ1v) is 17.5. The summed E-state index contributed by atoms with van der Waals surface area (Å²) in [5, 5.41) is 0.616. The van der Waals surface area contributed by atoms with E-state index in [1.165, 1.54) is 37.0 Å². The fraction of sp³-hybridized carbons (Fsp3) is 0.275. The standard InChI is InChI=1S/C40H36F3NO7S/c1-24-17-18-44(23-24)19-20-49-29-11-3-25(4-12-29)37(45)35-32-16-15-31(51-39(46)27-7-9-28(48-2)10-8-27)21-34(32)52-38(35)26-5-13-30(14-6-26)50-40(47)36(43)33(42)22-41/h3-16,21,24,33,36H,17-20,22-23H2,1-2H3.